The van der Waals surface area contributed by atoms with Gasteiger partial charge >= 0.3 is 0 Å². The third kappa shape index (κ3) is 1.52. The minimum absolute atomic E-state index is 0.0358. The normalized spacial score (nSPS) is 20.8. The van der Waals surface area contributed by atoms with Gasteiger partial charge < -0.3 is 5.73 Å². The summed E-state index contributed by atoms with van der Waals surface area (Å²) in [6.07, 6.45) is 5.15. The van der Waals surface area contributed by atoms with Gasteiger partial charge in [-0.15, -0.1) is 0 Å². The van der Waals surface area contributed by atoms with Gasteiger partial charge in [-0.05, 0) is 17.2 Å². The third-order valence-electron chi connectivity index (χ3n) is 2.28. The van der Waals surface area contributed by atoms with Gasteiger partial charge in [0, 0.05) is 0 Å². The second-order valence-corrected chi connectivity index (χ2v) is 3.23. The average Bonchev–Trinajstić information content (AvgIpc) is 2.23. The van der Waals surface area contributed by atoms with Crippen molar-refractivity contribution in [3.05, 3.63) is 54.1 Å². The number of nitrogens with two attached hydrogens (primary N) is 1. The Labute approximate surface area is 82.7 Å². The van der Waals surface area contributed by atoms with E-state index in [1.54, 1.807) is 6.08 Å². The highest BCUT2D eigenvalue weighted by Gasteiger charge is 2.19. The van der Waals surface area contributed by atoms with E-state index in [4.69, 9.17) is 5.73 Å². The second-order valence-electron chi connectivity index (χ2n) is 3.23. The molecule has 0 amide bonds. The highest BCUT2D eigenvalue weighted by atomic mass is 16.1. The first-order valence-corrected chi connectivity index (χ1v) is 4.52. The molecular formula is C12H11NO. The van der Waals surface area contributed by atoms with Crippen molar-refractivity contribution in [3.8, 4) is 0 Å². The molecule has 1 aliphatic carbocycles. The maximum atomic E-state index is 11.3. The molecule has 2 heteroatoms. The summed E-state index contributed by atoms with van der Waals surface area (Å²) in [4.78, 5) is 11.3. The van der Waals surface area contributed by atoms with E-state index in [-0.39, 0.29) is 5.78 Å². The summed E-state index contributed by atoms with van der Waals surface area (Å²) in [5.74, 6) is -0.0358. The van der Waals surface area contributed by atoms with Crippen LogP contribution in [0.25, 0.3) is 5.57 Å². The number of carbonyl (C=O) groups is 1. The van der Waals surface area contributed by atoms with Crippen LogP contribution in [-0.2, 0) is 4.79 Å². The molecule has 1 aromatic rings. The number of ketones is 1. The van der Waals surface area contributed by atoms with Crippen LogP contribution in [0.1, 0.15) is 5.56 Å². The first kappa shape index (κ1) is 8.91. The summed E-state index contributed by atoms with van der Waals surface area (Å²) in [7, 11) is 0. The molecule has 2 N–H and O–H groups in total. The van der Waals surface area contributed by atoms with Crippen molar-refractivity contribution in [2.75, 3.05) is 0 Å². The molecule has 0 fully saturated rings. The van der Waals surface area contributed by atoms with Gasteiger partial charge in [0.25, 0.3) is 0 Å². The largest absolute Gasteiger partial charge is 0.318 e. The van der Waals surface area contributed by atoms with Crippen molar-refractivity contribution in [3.63, 3.8) is 0 Å². The molecule has 70 valence electrons. The van der Waals surface area contributed by atoms with Crippen LogP contribution in [-0.4, -0.2) is 11.8 Å². The van der Waals surface area contributed by atoms with Gasteiger partial charge in [-0.1, -0.05) is 42.5 Å². The number of hydrogen-bond donors (Lipinski definition) is 1. The Morgan fingerprint density at radius 1 is 1.14 bits per heavy atom. The van der Waals surface area contributed by atoms with Crippen molar-refractivity contribution in [1.82, 2.24) is 0 Å². The molecule has 1 aromatic carbocycles. The minimum Gasteiger partial charge on any atom is -0.318 e. The number of hydrogen-bond acceptors (Lipinski definition) is 2. The monoisotopic (exact) mass is 185 g/mol. The van der Waals surface area contributed by atoms with E-state index >= 15 is 0 Å². The van der Waals surface area contributed by atoms with Crippen LogP contribution in [0.5, 0.6) is 0 Å². The predicted molar refractivity (Wildman–Crippen MR) is 56.5 cm³/mol. The maximum absolute atomic E-state index is 11.3. The highest BCUT2D eigenvalue weighted by molar-refractivity contribution is 6.05. The maximum Gasteiger partial charge on any atom is 0.176 e. The molecule has 2 nitrogen and oxygen atoms in total. The number of benzene rings is 1. The van der Waals surface area contributed by atoms with E-state index in [1.165, 1.54) is 6.08 Å². The summed E-state index contributed by atoms with van der Waals surface area (Å²) < 4.78 is 0. The van der Waals surface area contributed by atoms with E-state index < -0.39 is 6.04 Å². The van der Waals surface area contributed by atoms with Gasteiger partial charge in [0.15, 0.2) is 5.78 Å². The van der Waals surface area contributed by atoms with E-state index in [0.29, 0.717) is 0 Å². The zero-order valence-corrected chi connectivity index (χ0v) is 7.68. The van der Waals surface area contributed by atoms with Gasteiger partial charge in [0.1, 0.15) is 0 Å². The molecule has 0 saturated heterocycles. The van der Waals surface area contributed by atoms with Crippen LogP contribution >= 0.6 is 0 Å². The third-order valence-corrected chi connectivity index (χ3v) is 2.28. The molecule has 0 radical (unpaired) electrons. The van der Waals surface area contributed by atoms with Gasteiger partial charge in [-0.3, -0.25) is 4.79 Å². The van der Waals surface area contributed by atoms with E-state index in [2.05, 4.69) is 0 Å². The summed E-state index contributed by atoms with van der Waals surface area (Å²) in [5, 5.41) is 0. The van der Waals surface area contributed by atoms with Crippen LogP contribution in [0, 0.1) is 0 Å². The van der Waals surface area contributed by atoms with E-state index in [0.717, 1.165) is 11.1 Å². The van der Waals surface area contributed by atoms with E-state index in [1.807, 2.05) is 36.4 Å². The molecular weight excluding hydrogens is 174 g/mol. The van der Waals surface area contributed by atoms with Crippen LogP contribution in [0.4, 0.5) is 0 Å². The molecule has 1 unspecified atom stereocenters. The van der Waals surface area contributed by atoms with Crippen molar-refractivity contribution in [1.29, 1.82) is 0 Å². The Morgan fingerprint density at radius 2 is 1.86 bits per heavy atom. The number of allylic oxidation sites excluding steroid dienone is 2. The number of carbonyl (C=O) groups excluding carboxylic acids is 1. The van der Waals surface area contributed by atoms with Gasteiger partial charge in [-0.2, -0.15) is 0 Å². The summed E-state index contributed by atoms with van der Waals surface area (Å²) >= 11 is 0. The van der Waals surface area contributed by atoms with Crippen LogP contribution in [0.3, 0.4) is 0 Å². The van der Waals surface area contributed by atoms with Crippen LogP contribution < -0.4 is 5.73 Å². The zero-order valence-electron chi connectivity index (χ0n) is 7.68. The van der Waals surface area contributed by atoms with E-state index in [9.17, 15) is 4.79 Å². The minimum atomic E-state index is -0.512. The lowest BCUT2D eigenvalue weighted by molar-refractivity contribution is -0.114. The summed E-state index contributed by atoms with van der Waals surface area (Å²) in [5.41, 5.74) is 7.68. The molecule has 0 saturated carbocycles. The fourth-order valence-electron chi connectivity index (χ4n) is 1.51. The lowest BCUT2D eigenvalue weighted by atomic mass is 9.92. The Balaban J connectivity index is 2.40. The lowest BCUT2D eigenvalue weighted by Gasteiger charge is -2.15. The molecule has 0 aromatic heterocycles. The molecule has 0 spiro atoms. The smallest absolute Gasteiger partial charge is 0.176 e. The van der Waals surface area contributed by atoms with Crippen molar-refractivity contribution < 1.29 is 4.79 Å². The molecule has 0 heterocycles. The van der Waals surface area contributed by atoms with Gasteiger partial charge in [0.05, 0.1) is 6.04 Å². The first-order chi connectivity index (χ1) is 6.79. The Morgan fingerprint density at radius 3 is 2.57 bits per heavy atom. The zero-order chi connectivity index (χ0) is 9.97. The lowest BCUT2D eigenvalue weighted by Crippen LogP contribution is -2.31. The number of rotatable bonds is 1. The Hall–Kier alpha value is -1.67. The Kier molecular flexibility index (Phi) is 2.29. The topological polar surface area (TPSA) is 43.1 Å². The fourth-order valence-corrected chi connectivity index (χ4v) is 1.51. The molecule has 0 bridgehead atoms. The predicted octanol–water partition coefficient (Wildman–Crippen LogP) is 1.54. The molecule has 2 rings (SSSR count). The second kappa shape index (κ2) is 3.60. The molecule has 1 aliphatic rings. The van der Waals surface area contributed by atoms with Gasteiger partial charge in [0.2, 0.25) is 0 Å². The molecule has 1 atom stereocenters. The van der Waals surface area contributed by atoms with Crippen LogP contribution in [0.15, 0.2) is 48.6 Å². The van der Waals surface area contributed by atoms with Crippen molar-refractivity contribution in [2.24, 2.45) is 5.73 Å². The summed E-state index contributed by atoms with van der Waals surface area (Å²) in [6.45, 7) is 0. The van der Waals surface area contributed by atoms with Crippen LogP contribution in [0.2, 0.25) is 0 Å². The van der Waals surface area contributed by atoms with Gasteiger partial charge in [-0.25, -0.2) is 0 Å². The standard InChI is InChI=1S/C12H11NO/c13-12-10(7-4-8-11(12)14)9-5-2-1-3-6-9/h1-8,12H,13H2. The molecule has 0 aliphatic heterocycles. The molecule has 14 heavy (non-hydrogen) atoms. The summed E-state index contributed by atoms with van der Waals surface area (Å²) in [6, 6.07) is 9.21. The quantitative estimate of drug-likeness (QED) is 0.721. The first-order valence-electron chi connectivity index (χ1n) is 4.52. The van der Waals surface area contributed by atoms with Crippen molar-refractivity contribution >= 4 is 11.4 Å². The Bertz CT molecular complexity index is 404. The van der Waals surface area contributed by atoms with Crippen molar-refractivity contribution in [2.45, 2.75) is 6.04 Å². The SMILES string of the molecule is NC1C(=O)C=CC=C1c1ccccc1. The highest BCUT2D eigenvalue weighted by Crippen LogP contribution is 2.20. The fraction of sp³-hybridized carbons (Fsp3) is 0.0833. The average molecular weight is 185 g/mol.